The van der Waals surface area contributed by atoms with E-state index in [0.29, 0.717) is 23.3 Å². The van der Waals surface area contributed by atoms with Crippen molar-refractivity contribution in [2.75, 3.05) is 27.2 Å². The minimum absolute atomic E-state index is 0.125. The fraction of sp³-hybridized carbons (Fsp3) is 0.333. The predicted octanol–water partition coefficient (Wildman–Crippen LogP) is 2.91. The smallest absolute Gasteiger partial charge is 0.317 e. The number of hydrogen-bond donors (Lipinski definition) is 4. The maximum absolute atomic E-state index is 13.3. The second-order valence-electron chi connectivity index (χ2n) is 8.51. The number of para-hydroxylation sites is 1. The predicted molar refractivity (Wildman–Crippen MR) is 137 cm³/mol. The molecule has 1 aromatic heterocycles. The Kier molecular flexibility index (Phi) is 8.76. The molecule has 2 aromatic carbocycles. The highest BCUT2D eigenvalue weighted by Crippen LogP contribution is 2.23. The van der Waals surface area contributed by atoms with E-state index in [0.717, 1.165) is 16.5 Å². The van der Waals surface area contributed by atoms with Crippen molar-refractivity contribution in [1.82, 2.24) is 20.5 Å². The molecule has 0 aliphatic carbocycles. The monoisotopic (exact) mass is 476 g/mol. The van der Waals surface area contributed by atoms with Crippen molar-refractivity contribution in [3.8, 4) is 17.6 Å². The minimum atomic E-state index is -0.482. The van der Waals surface area contributed by atoms with Crippen LogP contribution >= 0.6 is 0 Å². The lowest BCUT2D eigenvalue weighted by Crippen LogP contribution is -2.39. The number of ether oxygens (including phenoxy) is 1. The molecular weight excluding hydrogens is 444 g/mol. The van der Waals surface area contributed by atoms with Gasteiger partial charge in [0, 0.05) is 36.8 Å². The number of rotatable bonds is 8. The molecule has 1 unspecified atom stereocenters. The SMILES string of the molecule is CNC(=O)N(C)CC#Cc1ccc(OC(C)C)c(C(=O)NC(CO)Cc2c[nH]c3ccccc23)c1. The average Bonchev–Trinajstić information content (AvgIpc) is 3.26. The molecule has 1 atom stereocenters. The molecule has 0 aliphatic rings. The number of hydrogen-bond acceptors (Lipinski definition) is 4. The van der Waals surface area contributed by atoms with Crippen LogP contribution in [0.5, 0.6) is 5.75 Å². The van der Waals surface area contributed by atoms with E-state index < -0.39 is 6.04 Å². The Labute approximate surface area is 205 Å². The van der Waals surface area contributed by atoms with Crippen LogP contribution in [0.1, 0.15) is 35.3 Å². The van der Waals surface area contributed by atoms with Crippen molar-refractivity contribution in [1.29, 1.82) is 0 Å². The van der Waals surface area contributed by atoms with Crippen LogP contribution in [0.25, 0.3) is 10.9 Å². The largest absolute Gasteiger partial charge is 0.490 e. The summed E-state index contributed by atoms with van der Waals surface area (Å²) in [5, 5.41) is 16.5. The number of fused-ring (bicyclic) bond motifs is 1. The Balaban J connectivity index is 1.80. The van der Waals surface area contributed by atoms with Crippen LogP contribution in [-0.2, 0) is 6.42 Å². The van der Waals surface area contributed by atoms with Crippen LogP contribution in [0.15, 0.2) is 48.7 Å². The molecule has 0 bridgehead atoms. The van der Waals surface area contributed by atoms with Gasteiger partial charge in [0.05, 0.1) is 30.9 Å². The highest BCUT2D eigenvalue weighted by atomic mass is 16.5. The normalized spacial score (nSPS) is 11.5. The molecule has 8 nitrogen and oxygen atoms in total. The van der Waals surface area contributed by atoms with Gasteiger partial charge in [-0.05, 0) is 50.1 Å². The topological polar surface area (TPSA) is 107 Å². The number of nitrogens with zero attached hydrogens (tertiary/aromatic N) is 1. The van der Waals surface area contributed by atoms with Crippen molar-refractivity contribution in [2.24, 2.45) is 0 Å². The molecule has 0 spiro atoms. The van der Waals surface area contributed by atoms with Gasteiger partial charge in [-0.15, -0.1) is 0 Å². The fourth-order valence-electron chi connectivity index (χ4n) is 3.66. The van der Waals surface area contributed by atoms with Crippen LogP contribution in [0.3, 0.4) is 0 Å². The molecule has 3 amide bonds. The minimum Gasteiger partial charge on any atom is -0.490 e. The molecule has 35 heavy (non-hydrogen) atoms. The van der Waals surface area contributed by atoms with Crippen LogP contribution in [-0.4, -0.2) is 66.3 Å². The Morgan fingerprint density at radius 2 is 1.97 bits per heavy atom. The molecule has 0 saturated carbocycles. The molecule has 4 N–H and O–H groups in total. The van der Waals surface area contributed by atoms with Crippen LogP contribution in [0.4, 0.5) is 4.79 Å². The van der Waals surface area contributed by atoms with E-state index in [4.69, 9.17) is 4.74 Å². The maximum atomic E-state index is 13.3. The highest BCUT2D eigenvalue weighted by molar-refractivity contribution is 5.97. The lowest BCUT2D eigenvalue weighted by molar-refractivity contribution is 0.0910. The zero-order chi connectivity index (χ0) is 25.4. The standard InChI is InChI=1S/C27H32N4O4/c1-18(2)35-25-12-11-19(8-7-13-31(4)27(34)28-3)14-23(25)26(33)30-21(17-32)15-20-16-29-24-10-6-5-9-22(20)24/h5-6,9-12,14,16,18,21,29,32H,13,15,17H2,1-4H3,(H,28,34)(H,30,33). The number of carbonyl (C=O) groups excluding carboxylic acids is 2. The Bertz CT molecular complexity index is 1240. The van der Waals surface area contributed by atoms with E-state index in [2.05, 4.69) is 27.5 Å². The summed E-state index contributed by atoms with van der Waals surface area (Å²) in [6.45, 7) is 3.80. The van der Waals surface area contributed by atoms with Crippen molar-refractivity contribution < 1.29 is 19.4 Å². The summed E-state index contributed by atoms with van der Waals surface area (Å²) in [5.74, 6) is 6.02. The van der Waals surface area contributed by atoms with E-state index in [1.807, 2.05) is 44.3 Å². The zero-order valence-corrected chi connectivity index (χ0v) is 20.5. The van der Waals surface area contributed by atoms with Gasteiger partial charge in [-0.1, -0.05) is 30.0 Å². The van der Waals surface area contributed by atoms with Crippen molar-refractivity contribution in [3.63, 3.8) is 0 Å². The Morgan fingerprint density at radius 3 is 2.69 bits per heavy atom. The molecule has 0 radical (unpaired) electrons. The van der Waals surface area contributed by atoms with E-state index in [-0.39, 0.29) is 31.2 Å². The third-order valence-electron chi connectivity index (χ3n) is 5.39. The number of nitrogens with one attached hydrogen (secondary N) is 3. The number of aliphatic hydroxyl groups is 1. The number of aliphatic hydroxyl groups excluding tert-OH is 1. The van der Waals surface area contributed by atoms with Crippen LogP contribution in [0, 0.1) is 11.8 Å². The molecule has 3 rings (SSSR count). The maximum Gasteiger partial charge on any atom is 0.317 e. The zero-order valence-electron chi connectivity index (χ0n) is 20.5. The molecular formula is C27H32N4O4. The number of aromatic amines is 1. The first-order valence-electron chi connectivity index (χ1n) is 11.5. The number of benzene rings is 2. The van der Waals surface area contributed by atoms with Crippen LogP contribution < -0.4 is 15.4 Å². The van der Waals surface area contributed by atoms with Gasteiger partial charge >= 0.3 is 6.03 Å². The van der Waals surface area contributed by atoms with E-state index in [9.17, 15) is 14.7 Å². The summed E-state index contributed by atoms with van der Waals surface area (Å²) in [5.41, 5.74) is 2.97. The molecule has 8 heteroatoms. The first-order chi connectivity index (χ1) is 16.8. The van der Waals surface area contributed by atoms with Gasteiger partial charge in [0.1, 0.15) is 5.75 Å². The Hall–Kier alpha value is -3.96. The van der Waals surface area contributed by atoms with Crippen molar-refractivity contribution in [3.05, 3.63) is 65.4 Å². The Morgan fingerprint density at radius 1 is 1.20 bits per heavy atom. The lowest BCUT2D eigenvalue weighted by Gasteiger charge is -2.19. The number of aromatic nitrogens is 1. The number of amides is 3. The van der Waals surface area contributed by atoms with E-state index >= 15 is 0 Å². The molecule has 3 aromatic rings. The fourth-order valence-corrected chi connectivity index (χ4v) is 3.66. The first-order valence-corrected chi connectivity index (χ1v) is 11.5. The number of carbonyl (C=O) groups is 2. The van der Waals surface area contributed by atoms with Crippen molar-refractivity contribution in [2.45, 2.75) is 32.4 Å². The molecule has 0 aliphatic heterocycles. The summed E-state index contributed by atoms with van der Waals surface area (Å²) in [6.07, 6.45) is 2.25. The summed E-state index contributed by atoms with van der Waals surface area (Å²) in [7, 11) is 3.21. The number of H-pyrrole nitrogens is 1. The van der Waals surface area contributed by atoms with Gasteiger partial charge < -0.3 is 30.4 Å². The third-order valence-corrected chi connectivity index (χ3v) is 5.39. The van der Waals surface area contributed by atoms with E-state index in [1.54, 1.807) is 32.3 Å². The van der Waals surface area contributed by atoms with Gasteiger partial charge in [0.15, 0.2) is 0 Å². The van der Waals surface area contributed by atoms with Gasteiger partial charge in [0.25, 0.3) is 5.91 Å². The summed E-state index contributed by atoms with van der Waals surface area (Å²) >= 11 is 0. The third kappa shape index (κ3) is 6.78. The van der Waals surface area contributed by atoms with Crippen LogP contribution in [0.2, 0.25) is 0 Å². The molecule has 0 saturated heterocycles. The summed E-state index contributed by atoms with van der Waals surface area (Å²) in [6, 6.07) is 12.4. The van der Waals surface area contributed by atoms with Gasteiger partial charge in [-0.25, -0.2) is 4.79 Å². The molecule has 1 heterocycles. The van der Waals surface area contributed by atoms with Crippen molar-refractivity contribution >= 4 is 22.8 Å². The van der Waals surface area contributed by atoms with Gasteiger partial charge in [-0.3, -0.25) is 4.79 Å². The lowest BCUT2D eigenvalue weighted by atomic mass is 10.0. The second-order valence-corrected chi connectivity index (χ2v) is 8.51. The summed E-state index contributed by atoms with van der Waals surface area (Å²) in [4.78, 5) is 29.5. The number of urea groups is 1. The quantitative estimate of drug-likeness (QED) is 0.375. The summed E-state index contributed by atoms with van der Waals surface area (Å²) < 4.78 is 5.85. The molecule has 184 valence electrons. The average molecular weight is 477 g/mol. The molecule has 0 fully saturated rings. The first kappa shape index (κ1) is 25.7. The van der Waals surface area contributed by atoms with Gasteiger partial charge in [-0.2, -0.15) is 0 Å². The van der Waals surface area contributed by atoms with Gasteiger partial charge in [0.2, 0.25) is 0 Å². The second kappa shape index (κ2) is 12.0. The highest BCUT2D eigenvalue weighted by Gasteiger charge is 2.19. The van der Waals surface area contributed by atoms with E-state index in [1.165, 1.54) is 4.90 Å².